The average Bonchev–Trinajstić information content (AvgIpc) is 3.45. The molecular formula is C30H31NO8. The lowest BCUT2D eigenvalue weighted by Gasteiger charge is -2.20. The maximum Gasteiger partial charge on any atom is 0.260 e. The van der Waals surface area contributed by atoms with Crippen LogP contribution in [0.5, 0.6) is 40.2 Å². The highest BCUT2D eigenvalue weighted by Crippen LogP contribution is 2.44. The van der Waals surface area contributed by atoms with Crippen LogP contribution in [0.3, 0.4) is 0 Å². The van der Waals surface area contributed by atoms with E-state index in [1.165, 1.54) is 0 Å². The molecule has 1 aliphatic rings. The molecule has 9 heteroatoms. The Kier molecular flexibility index (Phi) is 7.40. The molecule has 0 fully saturated rings. The summed E-state index contributed by atoms with van der Waals surface area (Å²) in [5.74, 6) is 4.20. The minimum atomic E-state index is -0.139. The van der Waals surface area contributed by atoms with Crippen LogP contribution in [-0.4, -0.2) is 66.2 Å². The number of ether oxygens (including phenoxy) is 7. The second-order valence-electron chi connectivity index (χ2n) is 9.06. The van der Waals surface area contributed by atoms with Gasteiger partial charge in [0.2, 0.25) is 6.79 Å². The third-order valence-corrected chi connectivity index (χ3v) is 6.90. The zero-order valence-electron chi connectivity index (χ0n) is 22.7. The van der Waals surface area contributed by atoms with Crippen molar-refractivity contribution in [3.63, 3.8) is 0 Å². The van der Waals surface area contributed by atoms with Crippen LogP contribution >= 0.6 is 0 Å². The van der Waals surface area contributed by atoms with Crippen LogP contribution in [0.25, 0.3) is 21.5 Å². The molecule has 0 spiro atoms. The second kappa shape index (κ2) is 11.1. The van der Waals surface area contributed by atoms with Crippen molar-refractivity contribution in [3.05, 3.63) is 54.1 Å². The van der Waals surface area contributed by atoms with Crippen LogP contribution in [0.1, 0.15) is 5.56 Å². The molecule has 0 N–H and O–H groups in total. The van der Waals surface area contributed by atoms with Crippen LogP contribution < -0.4 is 33.2 Å². The molecule has 4 aromatic rings. The molecular weight excluding hydrogens is 502 g/mol. The number of methoxy groups -OCH3 is 4. The summed E-state index contributed by atoms with van der Waals surface area (Å²) >= 11 is 0. The van der Waals surface area contributed by atoms with E-state index in [1.54, 1.807) is 58.6 Å². The molecule has 9 nitrogen and oxygen atoms in total. The number of hydrogen-bond acceptors (Lipinski definition) is 8. The van der Waals surface area contributed by atoms with Crippen LogP contribution in [0.15, 0.2) is 48.5 Å². The maximum absolute atomic E-state index is 12.8. The Hall–Kier alpha value is -4.53. The Morgan fingerprint density at radius 1 is 0.821 bits per heavy atom. The van der Waals surface area contributed by atoms with Crippen molar-refractivity contribution in [3.8, 4) is 40.2 Å². The van der Waals surface area contributed by atoms with E-state index >= 15 is 0 Å². The van der Waals surface area contributed by atoms with E-state index in [2.05, 4.69) is 6.07 Å². The average molecular weight is 534 g/mol. The van der Waals surface area contributed by atoms with E-state index in [9.17, 15) is 4.79 Å². The minimum absolute atomic E-state index is 0.0882. The Balaban J connectivity index is 1.39. The Bertz CT molecular complexity index is 1530. The molecule has 4 aromatic carbocycles. The zero-order chi connectivity index (χ0) is 27.5. The first-order chi connectivity index (χ1) is 19.0. The molecule has 0 aliphatic carbocycles. The van der Waals surface area contributed by atoms with Gasteiger partial charge in [-0.25, -0.2) is 0 Å². The number of rotatable bonds is 10. The summed E-state index contributed by atoms with van der Waals surface area (Å²) in [4.78, 5) is 14.5. The van der Waals surface area contributed by atoms with Gasteiger partial charge in [0.25, 0.3) is 5.91 Å². The van der Waals surface area contributed by atoms with Gasteiger partial charge in [0.15, 0.2) is 41.1 Å². The lowest BCUT2D eigenvalue weighted by atomic mass is 9.95. The summed E-state index contributed by atoms with van der Waals surface area (Å²) in [5, 5.41) is 3.84. The van der Waals surface area contributed by atoms with Crippen LogP contribution in [0.2, 0.25) is 0 Å². The second-order valence-corrected chi connectivity index (χ2v) is 9.06. The zero-order valence-corrected chi connectivity index (χ0v) is 22.7. The van der Waals surface area contributed by atoms with Crippen molar-refractivity contribution >= 4 is 27.5 Å². The lowest BCUT2D eigenvalue weighted by molar-refractivity contribution is -0.132. The Labute approximate surface area is 226 Å². The number of likely N-dealkylation sites (N-methyl/N-ethyl adjacent to an activating group) is 1. The van der Waals surface area contributed by atoms with E-state index in [4.69, 9.17) is 33.2 Å². The fraction of sp³-hybridized carbons (Fsp3) is 0.300. The van der Waals surface area contributed by atoms with Gasteiger partial charge in [-0.15, -0.1) is 0 Å². The van der Waals surface area contributed by atoms with E-state index in [1.807, 2.05) is 24.3 Å². The number of nitrogens with zero attached hydrogens (tertiary/aromatic N) is 1. The SMILES string of the molecule is COc1cc2ccc3c(CCN(C)C(=O)COc4ccc5c(c4)OCO5)cc(OC)c(OC)c3c2cc1OC. The molecule has 1 heterocycles. The molecule has 0 aromatic heterocycles. The summed E-state index contributed by atoms with van der Waals surface area (Å²) < 4.78 is 39.0. The quantitative estimate of drug-likeness (QED) is 0.268. The predicted octanol–water partition coefficient (Wildman–Crippen LogP) is 4.84. The third-order valence-electron chi connectivity index (χ3n) is 6.90. The van der Waals surface area contributed by atoms with E-state index in [-0.39, 0.29) is 19.3 Å². The summed E-state index contributed by atoms with van der Waals surface area (Å²) in [6.45, 7) is 0.579. The molecule has 204 valence electrons. The highest BCUT2D eigenvalue weighted by atomic mass is 16.7. The molecule has 0 atom stereocenters. The minimum Gasteiger partial charge on any atom is -0.493 e. The van der Waals surface area contributed by atoms with Gasteiger partial charge >= 0.3 is 0 Å². The van der Waals surface area contributed by atoms with Crippen LogP contribution in [-0.2, 0) is 11.2 Å². The molecule has 1 aliphatic heterocycles. The first kappa shape index (κ1) is 26.1. The highest BCUT2D eigenvalue weighted by Gasteiger charge is 2.20. The molecule has 1 amide bonds. The van der Waals surface area contributed by atoms with Crippen molar-refractivity contribution in [2.45, 2.75) is 6.42 Å². The first-order valence-electron chi connectivity index (χ1n) is 12.5. The van der Waals surface area contributed by atoms with E-state index < -0.39 is 0 Å². The summed E-state index contributed by atoms with van der Waals surface area (Å²) in [6.07, 6.45) is 0.599. The van der Waals surface area contributed by atoms with Gasteiger partial charge in [-0.2, -0.15) is 0 Å². The van der Waals surface area contributed by atoms with Crippen molar-refractivity contribution in [2.75, 3.05) is 55.4 Å². The molecule has 39 heavy (non-hydrogen) atoms. The van der Waals surface area contributed by atoms with Gasteiger partial charge in [-0.1, -0.05) is 12.1 Å². The largest absolute Gasteiger partial charge is 0.493 e. The molecule has 0 saturated carbocycles. The number of carbonyl (C=O) groups excluding carboxylic acids is 1. The van der Waals surface area contributed by atoms with Crippen LogP contribution in [0.4, 0.5) is 0 Å². The van der Waals surface area contributed by atoms with Gasteiger partial charge in [0.05, 0.1) is 28.4 Å². The van der Waals surface area contributed by atoms with Gasteiger partial charge < -0.3 is 38.1 Å². The maximum atomic E-state index is 12.8. The number of benzene rings is 4. The third kappa shape index (κ3) is 4.99. The molecule has 0 saturated heterocycles. The van der Waals surface area contributed by atoms with Gasteiger partial charge in [-0.05, 0) is 58.5 Å². The van der Waals surface area contributed by atoms with E-state index in [0.29, 0.717) is 53.2 Å². The van der Waals surface area contributed by atoms with Gasteiger partial charge in [-0.3, -0.25) is 4.79 Å². The van der Waals surface area contributed by atoms with Crippen molar-refractivity contribution in [1.29, 1.82) is 0 Å². The summed E-state index contributed by atoms with van der Waals surface area (Å²) in [6, 6.07) is 15.2. The lowest BCUT2D eigenvalue weighted by Crippen LogP contribution is -2.33. The van der Waals surface area contributed by atoms with Crippen LogP contribution in [0, 0.1) is 0 Å². The van der Waals surface area contributed by atoms with Gasteiger partial charge in [0, 0.05) is 25.0 Å². The number of amides is 1. The van der Waals surface area contributed by atoms with Crippen molar-refractivity contribution < 1.29 is 38.0 Å². The fourth-order valence-electron chi connectivity index (χ4n) is 4.78. The fourth-order valence-corrected chi connectivity index (χ4v) is 4.78. The topological polar surface area (TPSA) is 84.9 Å². The number of hydrogen-bond donors (Lipinski definition) is 0. The summed E-state index contributed by atoms with van der Waals surface area (Å²) in [7, 11) is 8.24. The monoisotopic (exact) mass is 533 g/mol. The molecule has 0 radical (unpaired) electrons. The normalized spacial score (nSPS) is 11.9. The first-order valence-corrected chi connectivity index (χ1v) is 12.5. The molecule has 5 rings (SSSR count). The predicted molar refractivity (Wildman–Crippen MR) is 147 cm³/mol. The Morgan fingerprint density at radius 2 is 1.56 bits per heavy atom. The van der Waals surface area contributed by atoms with Gasteiger partial charge in [0.1, 0.15) is 5.75 Å². The van der Waals surface area contributed by atoms with Crippen molar-refractivity contribution in [1.82, 2.24) is 4.90 Å². The molecule has 0 bridgehead atoms. The standard InChI is InChI=1S/C30H31NO8/c1-31(28(32)16-37-20-7-9-23-26(14-20)39-17-38-23)11-10-19-13-27(35-4)30(36-5)29-21(19)8-6-18-12-24(33-2)25(34-3)15-22(18)29/h6-9,12-15H,10-11,16-17H2,1-5H3. The van der Waals surface area contributed by atoms with Crippen molar-refractivity contribution in [2.24, 2.45) is 0 Å². The number of carbonyl (C=O) groups is 1. The highest BCUT2D eigenvalue weighted by molar-refractivity contribution is 6.13. The smallest absolute Gasteiger partial charge is 0.260 e. The summed E-state index contributed by atoms with van der Waals surface area (Å²) in [5.41, 5.74) is 1.02. The van der Waals surface area contributed by atoms with E-state index in [0.717, 1.165) is 27.1 Å². The molecule has 0 unspecified atom stereocenters. The number of fused-ring (bicyclic) bond motifs is 4. The Morgan fingerprint density at radius 3 is 2.31 bits per heavy atom.